The smallest absolute Gasteiger partial charge is 0.329 e. The Hall–Kier alpha value is -1.52. The van der Waals surface area contributed by atoms with Gasteiger partial charge in [-0.2, -0.15) is 4.99 Å². The third-order valence-corrected chi connectivity index (χ3v) is 1.18. The van der Waals surface area contributed by atoms with Crippen molar-refractivity contribution in [2.45, 2.75) is 0 Å². The highest BCUT2D eigenvalue weighted by Gasteiger charge is 2.16. The SMILES string of the molecule is C=C1N=C(N)NC(=O)N1C. The molecule has 0 aromatic rings. The minimum Gasteiger partial charge on any atom is -0.369 e. The van der Waals surface area contributed by atoms with Gasteiger partial charge in [-0.25, -0.2) is 4.79 Å². The number of nitrogens with zero attached hydrogens (tertiary/aromatic N) is 2. The summed E-state index contributed by atoms with van der Waals surface area (Å²) >= 11 is 0. The molecule has 54 valence electrons. The maximum absolute atomic E-state index is 10.8. The lowest BCUT2D eigenvalue weighted by Crippen LogP contribution is -2.47. The standard InChI is InChI=1S/C5H8N4O/c1-3-7-4(6)8-5(10)9(3)2/h1H2,2H3,(H3,6,7,8,10). The van der Waals surface area contributed by atoms with Gasteiger partial charge in [0.25, 0.3) is 0 Å². The van der Waals surface area contributed by atoms with Crippen LogP contribution in [-0.2, 0) is 0 Å². The van der Waals surface area contributed by atoms with Crippen molar-refractivity contribution in [3.8, 4) is 0 Å². The number of hydrogen-bond acceptors (Lipinski definition) is 3. The maximum atomic E-state index is 10.8. The van der Waals surface area contributed by atoms with Crippen LogP contribution >= 0.6 is 0 Å². The Labute approximate surface area is 58.2 Å². The van der Waals surface area contributed by atoms with E-state index >= 15 is 0 Å². The third-order valence-electron chi connectivity index (χ3n) is 1.18. The molecule has 0 atom stereocenters. The van der Waals surface area contributed by atoms with E-state index in [0.29, 0.717) is 5.82 Å². The van der Waals surface area contributed by atoms with Crippen LogP contribution in [0.15, 0.2) is 17.4 Å². The van der Waals surface area contributed by atoms with E-state index in [4.69, 9.17) is 5.73 Å². The van der Waals surface area contributed by atoms with Crippen molar-refractivity contribution >= 4 is 12.0 Å². The first-order valence-corrected chi connectivity index (χ1v) is 2.69. The minimum atomic E-state index is -0.308. The third kappa shape index (κ3) is 0.928. The first-order valence-electron chi connectivity index (χ1n) is 2.69. The molecule has 0 aliphatic carbocycles. The molecule has 10 heavy (non-hydrogen) atoms. The summed E-state index contributed by atoms with van der Waals surface area (Å²) < 4.78 is 0. The average molecular weight is 140 g/mol. The minimum absolute atomic E-state index is 0.0908. The fraction of sp³-hybridized carbons (Fsp3) is 0.200. The van der Waals surface area contributed by atoms with Crippen LogP contribution in [0.4, 0.5) is 4.79 Å². The van der Waals surface area contributed by atoms with E-state index in [9.17, 15) is 4.79 Å². The molecule has 0 saturated carbocycles. The number of carbonyl (C=O) groups excluding carboxylic acids is 1. The first kappa shape index (κ1) is 6.60. The van der Waals surface area contributed by atoms with E-state index < -0.39 is 0 Å². The molecule has 0 aromatic carbocycles. The topological polar surface area (TPSA) is 70.7 Å². The second kappa shape index (κ2) is 2.02. The first-order chi connectivity index (χ1) is 4.61. The lowest BCUT2D eigenvalue weighted by molar-refractivity contribution is 0.222. The summed E-state index contributed by atoms with van der Waals surface area (Å²) in [6.07, 6.45) is 0. The van der Waals surface area contributed by atoms with Gasteiger partial charge in [-0.05, 0) is 0 Å². The van der Waals surface area contributed by atoms with Gasteiger partial charge in [0, 0.05) is 7.05 Å². The summed E-state index contributed by atoms with van der Waals surface area (Å²) in [5.41, 5.74) is 5.21. The molecule has 0 radical (unpaired) electrons. The van der Waals surface area contributed by atoms with Crippen molar-refractivity contribution in [2.75, 3.05) is 7.05 Å². The van der Waals surface area contributed by atoms with E-state index in [0.717, 1.165) is 0 Å². The number of rotatable bonds is 0. The summed E-state index contributed by atoms with van der Waals surface area (Å²) in [6, 6.07) is -0.308. The summed E-state index contributed by atoms with van der Waals surface area (Å²) in [5, 5.41) is 2.31. The Balaban J connectivity index is 2.89. The molecule has 1 heterocycles. The molecular formula is C5H8N4O. The number of aliphatic imine (C=N–C) groups is 1. The van der Waals surface area contributed by atoms with Crippen LogP contribution in [-0.4, -0.2) is 23.9 Å². The van der Waals surface area contributed by atoms with Gasteiger partial charge in [-0.1, -0.05) is 6.58 Å². The maximum Gasteiger partial charge on any atom is 0.329 e. The zero-order valence-electron chi connectivity index (χ0n) is 5.59. The molecule has 1 aliphatic heterocycles. The van der Waals surface area contributed by atoms with Crippen LogP contribution in [0, 0.1) is 0 Å². The Morgan fingerprint density at radius 2 is 2.40 bits per heavy atom. The van der Waals surface area contributed by atoms with Gasteiger partial charge in [0.15, 0.2) is 0 Å². The average Bonchev–Trinajstić information content (AvgIpc) is 1.82. The Morgan fingerprint density at radius 3 is 2.90 bits per heavy atom. The van der Waals surface area contributed by atoms with Gasteiger partial charge >= 0.3 is 6.03 Å². The van der Waals surface area contributed by atoms with E-state index in [2.05, 4.69) is 16.9 Å². The van der Waals surface area contributed by atoms with Crippen molar-refractivity contribution in [1.29, 1.82) is 0 Å². The predicted octanol–water partition coefficient (Wildman–Crippen LogP) is -0.573. The number of guanidine groups is 1. The molecule has 2 amide bonds. The molecule has 0 bridgehead atoms. The second-order valence-electron chi connectivity index (χ2n) is 1.90. The van der Waals surface area contributed by atoms with Crippen LogP contribution in [0.3, 0.4) is 0 Å². The molecule has 0 spiro atoms. The van der Waals surface area contributed by atoms with Gasteiger partial charge in [-0.3, -0.25) is 10.2 Å². The largest absolute Gasteiger partial charge is 0.369 e. The predicted molar refractivity (Wildman–Crippen MR) is 37.1 cm³/mol. The lowest BCUT2D eigenvalue weighted by atomic mass is 10.6. The summed E-state index contributed by atoms with van der Waals surface area (Å²) in [6.45, 7) is 3.49. The Kier molecular flexibility index (Phi) is 1.33. The van der Waals surface area contributed by atoms with Crippen LogP contribution in [0.25, 0.3) is 0 Å². The summed E-state index contributed by atoms with van der Waals surface area (Å²) in [4.78, 5) is 15.8. The molecule has 1 rings (SSSR count). The highest BCUT2D eigenvalue weighted by Crippen LogP contribution is 2.03. The number of nitrogens with one attached hydrogen (secondary N) is 1. The highest BCUT2D eigenvalue weighted by molar-refractivity contribution is 5.98. The monoisotopic (exact) mass is 140 g/mol. The van der Waals surface area contributed by atoms with Crippen LogP contribution < -0.4 is 11.1 Å². The van der Waals surface area contributed by atoms with Crippen LogP contribution in [0.2, 0.25) is 0 Å². The van der Waals surface area contributed by atoms with Crippen LogP contribution in [0.5, 0.6) is 0 Å². The highest BCUT2D eigenvalue weighted by atomic mass is 16.2. The van der Waals surface area contributed by atoms with Gasteiger partial charge in [0.2, 0.25) is 5.96 Å². The van der Waals surface area contributed by atoms with E-state index in [-0.39, 0.29) is 12.0 Å². The lowest BCUT2D eigenvalue weighted by Gasteiger charge is -2.21. The molecular weight excluding hydrogens is 132 g/mol. The van der Waals surface area contributed by atoms with Crippen molar-refractivity contribution in [3.63, 3.8) is 0 Å². The number of urea groups is 1. The van der Waals surface area contributed by atoms with Gasteiger partial charge in [-0.15, -0.1) is 0 Å². The van der Waals surface area contributed by atoms with Crippen molar-refractivity contribution < 1.29 is 4.79 Å². The van der Waals surface area contributed by atoms with Gasteiger partial charge in [0.05, 0.1) is 0 Å². The fourth-order valence-corrected chi connectivity index (χ4v) is 0.553. The van der Waals surface area contributed by atoms with Gasteiger partial charge < -0.3 is 5.73 Å². The molecule has 5 heteroatoms. The quantitative estimate of drug-likeness (QED) is 0.473. The fourth-order valence-electron chi connectivity index (χ4n) is 0.553. The zero-order valence-corrected chi connectivity index (χ0v) is 5.59. The van der Waals surface area contributed by atoms with E-state index in [1.807, 2.05) is 0 Å². The Morgan fingerprint density at radius 1 is 1.80 bits per heavy atom. The van der Waals surface area contributed by atoms with E-state index in [1.54, 1.807) is 7.05 Å². The molecule has 3 N–H and O–H groups in total. The molecule has 0 unspecified atom stereocenters. The molecule has 1 aliphatic rings. The zero-order chi connectivity index (χ0) is 7.72. The van der Waals surface area contributed by atoms with Crippen molar-refractivity contribution in [3.05, 3.63) is 12.4 Å². The van der Waals surface area contributed by atoms with Gasteiger partial charge in [0.1, 0.15) is 5.82 Å². The molecule has 0 fully saturated rings. The number of carbonyl (C=O) groups is 1. The number of nitrogens with two attached hydrogens (primary N) is 1. The molecule has 0 saturated heterocycles. The van der Waals surface area contributed by atoms with Crippen molar-refractivity contribution in [2.24, 2.45) is 10.7 Å². The molecule has 0 aromatic heterocycles. The molecule has 5 nitrogen and oxygen atoms in total. The van der Waals surface area contributed by atoms with Crippen LogP contribution in [0.1, 0.15) is 0 Å². The van der Waals surface area contributed by atoms with E-state index in [1.165, 1.54) is 4.90 Å². The summed E-state index contributed by atoms with van der Waals surface area (Å²) in [5.74, 6) is 0.439. The number of amides is 2. The normalized spacial score (nSPS) is 18.5. The summed E-state index contributed by atoms with van der Waals surface area (Å²) in [7, 11) is 1.56. The van der Waals surface area contributed by atoms with Crippen molar-refractivity contribution in [1.82, 2.24) is 10.2 Å². The second-order valence-corrected chi connectivity index (χ2v) is 1.90. The Bertz CT molecular complexity index is 220. The number of hydrogen-bond donors (Lipinski definition) is 2.